The van der Waals surface area contributed by atoms with Gasteiger partial charge >= 0.3 is 0 Å². The van der Waals surface area contributed by atoms with Crippen LogP contribution in [0.15, 0.2) is 24.3 Å². The summed E-state index contributed by atoms with van der Waals surface area (Å²) in [5.41, 5.74) is 0.809. The molecule has 23 heavy (non-hydrogen) atoms. The Balaban J connectivity index is 1.47. The van der Waals surface area contributed by atoms with Gasteiger partial charge in [-0.2, -0.15) is 0 Å². The zero-order valence-electron chi connectivity index (χ0n) is 13.5. The Kier molecular flexibility index (Phi) is 5.46. The third kappa shape index (κ3) is 4.20. The minimum Gasteiger partial charge on any atom is -0.379 e. The topological polar surface area (TPSA) is 70.4 Å². The number of anilines is 1. The summed E-state index contributed by atoms with van der Waals surface area (Å²) in [7, 11) is 0. The Morgan fingerprint density at radius 2 is 1.87 bits per heavy atom. The van der Waals surface area contributed by atoms with Crippen LogP contribution >= 0.6 is 0 Å². The van der Waals surface area contributed by atoms with Crippen molar-refractivity contribution < 1.29 is 4.92 Å². The van der Waals surface area contributed by atoms with E-state index in [9.17, 15) is 10.1 Å². The van der Waals surface area contributed by atoms with Crippen LogP contribution in [-0.4, -0.2) is 48.6 Å². The highest BCUT2D eigenvalue weighted by Crippen LogP contribution is 2.29. The SMILES string of the molecule is O=[N+]([O-])c1ccccc1NC[C@H]1CC[C@H](N2CCNCC2)CC1. The van der Waals surface area contributed by atoms with Gasteiger partial charge in [0.15, 0.2) is 0 Å². The molecule has 6 nitrogen and oxygen atoms in total. The van der Waals surface area contributed by atoms with Crippen molar-refractivity contribution >= 4 is 11.4 Å². The summed E-state index contributed by atoms with van der Waals surface area (Å²) >= 11 is 0. The predicted molar refractivity (Wildman–Crippen MR) is 91.8 cm³/mol. The summed E-state index contributed by atoms with van der Waals surface area (Å²) < 4.78 is 0. The first kappa shape index (κ1) is 16.2. The van der Waals surface area contributed by atoms with Gasteiger partial charge in [-0.15, -0.1) is 0 Å². The third-order valence-corrected chi connectivity index (χ3v) is 5.17. The molecule has 2 N–H and O–H groups in total. The number of nitro groups is 1. The number of hydrogen-bond acceptors (Lipinski definition) is 5. The monoisotopic (exact) mass is 318 g/mol. The van der Waals surface area contributed by atoms with Crippen molar-refractivity contribution in [2.24, 2.45) is 5.92 Å². The zero-order valence-corrected chi connectivity index (χ0v) is 13.5. The van der Waals surface area contributed by atoms with Crippen LogP contribution in [0.3, 0.4) is 0 Å². The van der Waals surface area contributed by atoms with Crippen LogP contribution in [0.4, 0.5) is 11.4 Å². The normalized spacial score (nSPS) is 25.9. The first-order chi connectivity index (χ1) is 11.2. The van der Waals surface area contributed by atoms with Crippen molar-refractivity contribution in [1.82, 2.24) is 10.2 Å². The molecule has 0 unspecified atom stereocenters. The largest absolute Gasteiger partial charge is 0.379 e. The number of nitro benzene ring substituents is 1. The van der Waals surface area contributed by atoms with Crippen molar-refractivity contribution in [2.75, 3.05) is 38.0 Å². The lowest BCUT2D eigenvalue weighted by atomic mass is 9.85. The molecule has 0 radical (unpaired) electrons. The standard InChI is InChI=1S/C17H26N4O2/c22-21(23)17-4-2-1-3-16(17)19-13-14-5-7-15(8-6-14)20-11-9-18-10-12-20/h1-4,14-15,18-19H,5-13H2/t14-,15-. The summed E-state index contributed by atoms with van der Waals surface area (Å²) in [6.45, 7) is 5.39. The average Bonchev–Trinajstić information content (AvgIpc) is 2.61. The van der Waals surface area contributed by atoms with Crippen LogP contribution in [0.2, 0.25) is 0 Å². The highest BCUT2D eigenvalue weighted by atomic mass is 16.6. The Hall–Kier alpha value is -1.66. The number of para-hydroxylation sites is 2. The Labute approximate surface area is 137 Å². The molecule has 1 heterocycles. The van der Waals surface area contributed by atoms with Gasteiger partial charge in [-0.05, 0) is 37.7 Å². The van der Waals surface area contributed by atoms with Crippen LogP contribution in [-0.2, 0) is 0 Å². The molecular formula is C17H26N4O2. The van der Waals surface area contributed by atoms with Crippen molar-refractivity contribution in [3.05, 3.63) is 34.4 Å². The van der Waals surface area contributed by atoms with E-state index in [1.807, 2.05) is 6.07 Å². The Bertz CT molecular complexity index is 523. The second-order valence-corrected chi connectivity index (χ2v) is 6.62. The van der Waals surface area contributed by atoms with E-state index in [-0.39, 0.29) is 10.6 Å². The van der Waals surface area contributed by atoms with E-state index in [2.05, 4.69) is 15.5 Å². The van der Waals surface area contributed by atoms with Gasteiger partial charge < -0.3 is 10.6 Å². The maximum Gasteiger partial charge on any atom is 0.292 e. The predicted octanol–water partition coefficient (Wildman–Crippen LogP) is 2.47. The fourth-order valence-corrected chi connectivity index (χ4v) is 3.80. The van der Waals surface area contributed by atoms with Crippen molar-refractivity contribution in [1.29, 1.82) is 0 Å². The number of hydrogen-bond donors (Lipinski definition) is 2. The highest BCUT2D eigenvalue weighted by molar-refractivity contribution is 5.61. The van der Waals surface area contributed by atoms with Gasteiger partial charge in [-0.25, -0.2) is 0 Å². The number of nitrogens with one attached hydrogen (secondary N) is 2. The van der Waals surface area contributed by atoms with Crippen LogP contribution < -0.4 is 10.6 Å². The van der Waals surface area contributed by atoms with Gasteiger partial charge in [0.05, 0.1) is 4.92 Å². The number of nitrogens with zero attached hydrogens (tertiary/aromatic N) is 2. The number of benzene rings is 1. The number of piperazine rings is 1. The molecule has 0 aromatic heterocycles. The van der Waals surface area contributed by atoms with Gasteiger partial charge in [0.25, 0.3) is 5.69 Å². The molecule has 0 spiro atoms. The molecule has 2 aliphatic rings. The fourth-order valence-electron chi connectivity index (χ4n) is 3.80. The van der Waals surface area contributed by atoms with E-state index >= 15 is 0 Å². The molecule has 1 saturated carbocycles. The van der Waals surface area contributed by atoms with E-state index < -0.39 is 0 Å². The van der Waals surface area contributed by atoms with E-state index in [0.717, 1.165) is 25.7 Å². The van der Waals surface area contributed by atoms with Gasteiger partial charge in [0, 0.05) is 44.8 Å². The first-order valence-corrected chi connectivity index (χ1v) is 8.66. The zero-order chi connectivity index (χ0) is 16.1. The molecule has 1 aromatic carbocycles. The van der Waals surface area contributed by atoms with Crippen LogP contribution in [0, 0.1) is 16.0 Å². The quantitative estimate of drug-likeness (QED) is 0.645. The molecular weight excluding hydrogens is 292 g/mol. The summed E-state index contributed by atoms with van der Waals surface area (Å²) in [4.78, 5) is 13.4. The Morgan fingerprint density at radius 1 is 1.17 bits per heavy atom. The molecule has 1 aliphatic carbocycles. The minimum absolute atomic E-state index is 0.169. The lowest BCUT2D eigenvalue weighted by molar-refractivity contribution is -0.384. The smallest absolute Gasteiger partial charge is 0.292 e. The second-order valence-electron chi connectivity index (χ2n) is 6.62. The van der Waals surface area contributed by atoms with E-state index in [1.165, 1.54) is 38.8 Å². The molecule has 3 rings (SSSR count). The molecule has 2 fully saturated rings. The summed E-state index contributed by atoms with van der Waals surface area (Å²) in [5, 5.41) is 17.7. The maximum absolute atomic E-state index is 11.0. The van der Waals surface area contributed by atoms with E-state index in [1.54, 1.807) is 18.2 Å². The summed E-state index contributed by atoms with van der Waals surface area (Å²) in [6, 6.07) is 7.65. The lowest BCUT2D eigenvalue weighted by Crippen LogP contribution is -2.49. The maximum atomic E-state index is 11.0. The molecule has 126 valence electrons. The highest BCUT2D eigenvalue weighted by Gasteiger charge is 2.26. The summed E-state index contributed by atoms with van der Waals surface area (Å²) in [5.74, 6) is 0.619. The van der Waals surface area contributed by atoms with Gasteiger partial charge in [0.2, 0.25) is 0 Å². The van der Waals surface area contributed by atoms with Gasteiger partial charge in [-0.3, -0.25) is 15.0 Å². The van der Waals surface area contributed by atoms with E-state index in [4.69, 9.17) is 0 Å². The molecule has 1 saturated heterocycles. The molecule has 6 heteroatoms. The molecule has 0 atom stereocenters. The van der Waals surface area contributed by atoms with Gasteiger partial charge in [0.1, 0.15) is 5.69 Å². The van der Waals surface area contributed by atoms with Gasteiger partial charge in [-0.1, -0.05) is 12.1 Å². The summed E-state index contributed by atoms with van der Waals surface area (Å²) in [6.07, 6.45) is 4.93. The number of rotatable bonds is 5. The van der Waals surface area contributed by atoms with Crippen LogP contribution in [0.5, 0.6) is 0 Å². The third-order valence-electron chi connectivity index (χ3n) is 5.17. The van der Waals surface area contributed by atoms with E-state index in [0.29, 0.717) is 11.6 Å². The van der Waals surface area contributed by atoms with Crippen molar-refractivity contribution in [2.45, 2.75) is 31.7 Å². The lowest BCUT2D eigenvalue weighted by Gasteiger charge is -2.39. The fraction of sp³-hybridized carbons (Fsp3) is 0.647. The van der Waals surface area contributed by atoms with Crippen LogP contribution in [0.1, 0.15) is 25.7 Å². The molecule has 0 amide bonds. The second kappa shape index (κ2) is 7.75. The Morgan fingerprint density at radius 3 is 2.57 bits per heavy atom. The molecule has 1 aromatic rings. The first-order valence-electron chi connectivity index (χ1n) is 8.66. The minimum atomic E-state index is -0.316. The molecule has 1 aliphatic heterocycles. The van der Waals surface area contributed by atoms with Crippen molar-refractivity contribution in [3.63, 3.8) is 0 Å². The van der Waals surface area contributed by atoms with Crippen molar-refractivity contribution in [3.8, 4) is 0 Å². The van der Waals surface area contributed by atoms with Crippen LogP contribution in [0.25, 0.3) is 0 Å². The average molecular weight is 318 g/mol. The molecule has 0 bridgehead atoms.